The molecule has 0 saturated carbocycles. The summed E-state index contributed by atoms with van der Waals surface area (Å²) in [6, 6.07) is 0. The Morgan fingerprint density at radius 2 is 1.39 bits per heavy atom. The summed E-state index contributed by atoms with van der Waals surface area (Å²) in [6.07, 6.45) is 13.5. The zero-order chi connectivity index (χ0) is 23.9. The number of hydrogen-bond donors (Lipinski definition) is 2. The molecule has 5 heteroatoms. The molecule has 2 N–H and O–H groups in total. The lowest BCUT2D eigenvalue weighted by Crippen LogP contribution is -2.35. The fourth-order valence-corrected chi connectivity index (χ4v) is 3.48. The van der Waals surface area contributed by atoms with Crippen molar-refractivity contribution in [2.45, 2.75) is 124 Å². The normalized spacial score (nSPS) is 14.4. The summed E-state index contributed by atoms with van der Waals surface area (Å²) < 4.78 is 5.18. The van der Waals surface area contributed by atoms with Gasteiger partial charge in [0.15, 0.2) is 0 Å². The van der Waals surface area contributed by atoms with Gasteiger partial charge in [0, 0.05) is 11.5 Å². The lowest BCUT2D eigenvalue weighted by atomic mass is 9.96. The third-order valence-corrected chi connectivity index (χ3v) is 5.32. The quantitative estimate of drug-likeness (QED) is 0.177. The van der Waals surface area contributed by atoms with E-state index < -0.39 is 17.7 Å². The first-order chi connectivity index (χ1) is 14.4. The van der Waals surface area contributed by atoms with Crippen LogP contribution in [0, 0.1) is 11.8 Å². The smallest absolute Gasteiger partial charge is 0.325 e. The molecule has 2 atom stereocenters. The van der Waals surface area contributed by atoms with Gasteiger partial charge in [-0.2, -0.15) is 0 Å². The van der Waals surface area contributed by atoms with Gasteiger partial charge < -0.3 is 15.2 Å². The summed E-state index contributed by atoms with van der Waals surface area (Å²) in [5.74, 6) is -0.0529. The second-order valence-corrected chi connectivity index (χ2v) is 10.3. The number of aliphatic hydroxyl groups excluding tert-OH is 1. The van der Waals surface area contributed by atoms with E-state index in [9.17, 15) is 14.7 Å². The van der Waals surface area contributed by atoms with Crippen molar-refractivity contribution in [3.05, 3.63) is 11.6 Å². The molecule has 0 unspecified atom stereocenters. The minimum absolute atomic E-state index is 0.103. The molecular formula is C26H49NO4. The van der Waals surface area contributed by atoms with Crippen LogP contribution in [-0.2, 0) is 14.3 Å². The number of carbonyl (C=O) groups is 2. The molecule has 31 heavy (non-hydrogen) atoms. The molecule has 0 aliphatic carbocycles. The van der Waals surface area contributed by atoms with Gasteiger partial charge >= 0.3 is 5.97 Å². The van der Waals surface area contributed by atoms with E-state index >= 15 is 0 Å². The molecule has 0 aromatic rings. The number of nitrogens with one attached hydrogen (secondary N) is 1. The highest BCUT2D eigenvalue weighted by atomic mass is 16.6. The van der Waals surface area contributed by atoms with Crippen molar-refractivity contribution in [2.75, 3.05) is 6.54 Å². The van der Waals surface area contributed by atoms with E-state index in [2.05, 4.69) is 19.2 Å². The van der Waals surface area contributed by atoms with Crippen LogP contribution in [0.1, 0.15) is 113 Å². The Hall–Kier alpha value is -1.36. The van der Waals surface area contributed by atoms with Gasteiger partial charge in [-0.1, -0.05) is 84.6 Å². The molecular weight excluding hydrogens is 390 g/mol. The Balaban J connectivity index is 3.97. The summed E-state index contributed by atoms with van der Waals surface area (Å²) in [5, 5.41) is 13.0. The molecule has 0 aromatic carbocycles. The van der Waals surface area contributed by atoms with Crippen molar-refractivity contribution in [1.29, 1.82) is 0 Å². The van der Waals surface area contributed by atoms with Crippen molar-refractivity contribution >= 4 is 11.9 Å². The van der Waals surface area contributed by atoms with Gasteiger partial charge in [0.05, 0.1) is 6.10 Å². The van der Waals surface area contributed by atoms with Gasteiger partial charge in [0.2, 0.25) is 5.91 Å². The molecule has 0 rings (SSSR count). The number of aliphatic hydroxyl groups is 1. The van der Waals surface area contributed by atoms with E-state index in [1.54, 1.807) is 33.8 Å². The van der Waals surface area contributed by atoms with E-state index in [0.717, 1.165) is 25.2 Å². The number of hydrogen-bond acceptors (Lipinski definition) is 4. The second-order valence-electron chi connectivity index (χ2n) is 10.3. The first kappa shape index (κ1) is 29.6. The maximum Gasteiger partial charge on any atom is 0.325 e. The standard InChI is InChI=1S/C26H49NO4/c1-20(2)16-14-12-10-8-9-11-13-15-17-23(28)21(3)18-22(4)25(30)27-19-24(29)31-26(5,6)7/h18,20-21,23,28H,8-17,19H2,1-7H3,(H,27,30)/b22-18+/t21-,23+/m0/s1. The number of ether oxygens (including phenoxy) is 1. The van der Waals surface area contributed by atoms with Crippen LogP contribution in [0.3, 0.4) is 0 Å². The van der Waals surface area contributed by atoms with Crippen LogP contribution in [0.15, 0.2) is 11.6 Å². The Morgan fingerprint density at radius 1 is 0.903 bits per heavy atom. The number of rotatable bonds is 16. The minimum Gasteiger partial charge on any atom is -0.459 e. The van der Waals surface area contributed by atoms with Gasteiger partial charge in [-0.05, 0) is 40.0 Å². The fourth-order valence-electron chi connectivity index (χ4n) is 3.48. The van der Waals surface area contributed by atoms with E-state index in [4.69, 9.17) is 4.74 Å². The van der Waals surface area contributed by atoms with Gasteiger partial charge in [0.1, 0.15) is 12.1 Å². The van der Waals surface area contributed by atoms with E-state index in [0.29, 0.717) is 5.57 Å². The van der Waals surface area contributed by atoms with Crippen molar-refractivity contribution in [3.8, 4) is 0 Å². The van der Waals surface area contributed by atoms with Crippen LogP contribution in [0.25, 0.3) is 0 Å². The van der Waals surface area contributed by atoms with E-state index in [1.807, 2.05) is 6.92 Å². The molecule has 0 bridgehead atoms. The molecule has 0 radical (unpaired) electrons. The number of esters is 1. The fraction of sp³-hybridized carbons (Fsp3) is 0.846. The maximum absolute atomic E-state index is 12.2. The van der Waals surface area contributed by atoms with Crippen LogP contribution in [0.2, 0.25) is 0 Å². The Bertz CT molecular complexity index is 534. The van der Waals surface area contributed by atoms with Crippen molar-refractivity contribution in [3.63, 3.8) is 0 Å². The van der Waals surface area contributed by atoms with Crippen LogP contribution in [0.4, 0.5) is 0 Å². The highest BCUT2D eigenvalue weighted by Gasteiger charge is 2.18. The summed E-state index contributed by atoms with van der Waals surface area (Å²) in [7, 11) is 0. The van der Waals surface area contributed by atoms with Crippen molar-refractivity contribution < 1.29 is 19.4 Å². The number of unbranched alkanes of at least 4 members (excludes halogenated alkanes) is 7. The zero-order valence-corrected chi connectivity index (χ0v) is 21.3. The molecule has 0 aliphatic heterocycles. The molecule has 0 spiro atoms. The third kappa shape index (κ3) is 18.0. The summed E-state index contributed by atoms with van der Waals surface area (Å²) >= 11 is 0. The van der Waals surface area contributed by atoms with Crippen LogP contribution >= 0.6 is 0 Å². The van der Waals surface area contributed by atoms with Crippen LogP contribution < -0.4 is 5.32 Å². The van der Waals surface area contributed by atoms with Crippen molar-refractivity contribution in [1.82, 2.24) is 5.32 Å². The van der Waals surface area contributed by atoms with Crippen molar-refractivity contribution in [2.24, 2.45) is 11.8 Å². The molecule has 1 amide bonds. The molecule has 5 nitrogen and oxygen atoms in total. The van der Waals surface area contributed by atoms with Gasteiger partial charge in [-0.15, -0.1) is 0 Å². The highest BCUT2D eigenvalue weighted by molar-refractivity contribution is 5.94. The maximum atomic E-state index is 12.2. The molecule has 0 aromatic heterocycles. The minimum atomic E-state index is -0.571. The number of amides is 1. The summed E-state index contributed by atoms with van der Waals surface area (Å²) in [6.45, 7) is 13.4. The predicted octanol–water partition coefficient (Wildman–Crippen LogP) is 5.94. The van der Waals surface area contributed by atoms with Gasteiger partial charge in [-0.25, -0.2) is 0 Å². The Labute approximate surface area is 191 Å². The summed E-state index contributed by atoms with van der Waals surface area (Å²) in [5.41, 5.74) is -0.0636. The average Bonchev–Trinajstić information content (AvgIpc) is 2.65. The molecule has 0 fully saturated rings. The van der Waals surface area contributed by atoms with Gasteiger partial charge in [0.25, 0.3) is 0 Å². The highest BCUT2D eigenvalue weighted by Crippen LogP contribution is 2.17. The molecule has 0 saturated heterocycles. The van der Waals surface area contributed by atoms with Gasteiger partial charge in [-0.3, -0.25) is 9.59 Å². The first-order valence-electron chi connectivity index (χ1n) is 12.3. The average molecular weight is 440 g/mol. The molecule has 0 aliphatic rings. The molecule has 182 valence electrons. The number of carbonyl (C=O) groups excluding carboxylic acids is 2. The monoisotopic (exact) mass is 439 g/mol. The van der Waals surface area contributed by atoms with E-state index in [1.165, 1.54) is 44.9 Å². The zero-order valence-electron chi connectivity index (χ0n) is 21.3. The molecule has 0 heterocycles. The lowest BCUT2D eigenvalue weighted by Gasteiger charge is -2.19. The van der Waals surface area contributed by atoms with Crippen LogP contribution in [-0.4, -0.2) is 35.2 Å². The topological polar surface area (TPSA) is 75.6 Å². The van der Waals surface area contributed by atoms with E-state index in [-0.39, 0.29) is 18.4 Å². The Kier molecular flexibility index (Phi) is 15.6. The third-order valence-electron chi connectivity index (χ3n) is 5.32. The second kappa shape index (κ2) is 16.3. The Morgan fingerprint density at radius 3 is 1.87 bits per heavy atom. The SMILES string of the molecule is C/C(=C\[C@H](C)[C@H](O)CCCCCCCCCCC(C)C)C(=O)NCC(=O)OC(C)(C)C. The summed E-state index contributed by atoms with van der Waals surface area (Å²) in [4.78, 5) is 23.9. The largest absolute Gasteiger partial charge is 0.459 e. The predicted molar refractivity (Wildman–Crippen MR) is 129 cm³/mol. The lowest BCUT2D eigenvalue weighted by molar-refractivity contribution is -0.154. The van der Waals surface area contributed by atoms with Crippen LogP contribution in [0.5, 0.6) is 0 Å². The first-order valence-corrected chi connectivity index (χ1v) is 12.3.